The summed E-state index contributed by atoms with van der Waals surface area (Å²) in [7, 11) is 0. The molecule has 0 radical (unpaired) electrons. The first-order chi connectivity index (χ1) is 16.1. The first-order valence-corrected chi connectivity index (χ1v) is 10.7. The van der Waals surface area contributed by atoms with Gasteiger partial charge >= 0.3 is 0 Å². The standard InChI is InChI=1S/C28H18O5/c29-17-7-9-19-15(13-17)5-11-23-25(19)32-26-20-10-8-18(30)14-16(20)6-12-24(26)28(23)22-4-2-1-3-21(22)27(31)33-28/h1-14,27,29-31H. The van der Waals surface area contributed by atoms with E-state index in [0.717, 1.165) is 38.2 Å². The van der Waals surface area contributed by atoms with E-state index in [1.807, 2.05) is 60.7 Å². The van der Waals surface area contributed by atoms with E-state index in [-0.39, 0.29) is 11.5 Å². The maximum absolute atomic E-state index is 10.9. The van der Waals surface area contributed by atoms with Crippen LogP contribution in [0.1, 0.15) is 28.5 Å². The number of phenolic OH excluding ortho intramolecular Hbond substituents is 2. The molecule has 5 aromatic rings. The number of ether oxygens (including phenoxy) is 2. The molecule has 7 rings (SSSR count). The topological polar surface area (TPSA) is 79.2 Å². The molecule has 0 aliphatic carbocycles. The van der Waals surface area contributed by atoms with Crippen LogP contribution in [0, 0.1) is 0 Å². The normalized spacial score (nSPS) is 17.5. The van der Waals surface area contributed by atoms with E-state index in [9.17, 15) is 15.3 Å². The summed E-state index contributed by atoms with van der Waals surface area (Å²) in [4.78, 5) is 0. The molecule has 2 aliphatic rings. The van der Waals surface area contributed by atoms with Gasteiger partial charge in [0.15, 0.2) is 11.9 Å². The van der Waals surface area contributed by atoms with Crippen LogP contribution in [0.15, 0.2) is 84.9 Å². The molecule has 5 heteroatoms. The van der Waals surface area contributed by atoms with Crippen molar-refractivity contribution in [1.82, 2.24) is 0 Å². The Labute approximate surface area is 188 Å². The lowest BCUT2D eigenvalue weighted by Gasteiger charge is -2.38. The first-order valence-electron chi connectivity index (χ1n) is 10.7. The molecule has 0 bridgehead atoms. The Morgan fingerprint density at radius 1 is 0.636 bits per heavy atom. The monoisotopic (exact) mass is 434 g/mol. The summed E-state index contributed by atoms with van der Waals surface area (Å²) in [6, 6.07) is 25.7. The second kappa shape index (κ2) is 6.25. The summed E-state index contributed by atoms with van der Waals surface area (Å²) in [5.74, 6) is 1.58. The van der Waals surface area contributed by atoms with Gasteiger partial charge in [-0.25, -0.2) is 0 Å². The predicted molar refractivity (Wildman–Crippen MR) is 124 cm³/mol. The molecule has 2 aliphatic heterocycles. The van der Waals surface area contributed by atoms with Crippen molar-refractivity contribution < 1.29 is 24.8 Å². The molecule has 5 nitrogen and oxygen atoms in total. The Balaban J connectivity index is 1.65. The summed E-state index contributed by atoms with van der Waals surface area (Å²) < 4.78 is 13.0. The van der Waals surface area contributed by atoms with Crippen molar-refractivity contribution in [2.24, 2.45) is 0 Å². The zero-order valence-corrected chi connectivity index (χ0v) is 17.3. The fraction of sp³-hybridized carbons (Fsp3) is 0.0714. The Kier molecular flexibility index (Phi) is 3.51. The van der Waals surface area contributed by atoms with Gasteiger partial charge in [0.2, 0.25) is 0 Å². The maximum Gasteiger partial charge on any atom is 0.183 e. The summed E-state index contributed by atoms with van der Waals surface area (Å²) >= 11 is 0. The first kappa shape index (κ1) is 18.5. The highest BCUT2D eigenvalue weighted by atomic mass is 16.6. The van der Waals surface area contributed by atoms with Crippen LogP contribution >= 0.6 is 0 Å². The van der Waals surface area contributed by atoms with Gasteiger partial charge in [-0.3, -0.25) is 0 Å². The van der Waals surface area contributed by atoms with Crippen LogP contribution in [0.25, 0.3) is 21.5 Å². The molecule has 0 fully saturated rings. The number of aliphatic hydroxyl groups is 1. The second-order valence-electron chi connectivity index (χ2n) is 8.54. The van der Waals surface area contributed by atoms with Gasteiger partial charge in [-0.05, 0) is 47.2 Å². The van der Waals surface area contributed by atoms with Gasteiger partial charge in [0, 0.05) is 33.0 Å². The molecular formula is C28H18O5. The van der Waals surface area contributed by atoms with Crippen molar-refractivity contribution in [2.45, 2.75) is 11.9 Å². The molecule has 1 spiro atoms. The van der Waals surface area contributed by atoms with E-state index in [1.54, 1.807) is 24.3 Å². The van der Waals surface area contributed by atoms with Crippen LogP contribution in [0.3, 0.4) is 0 Å². The van der Waals surface area contributed by atoms with Gasteiger partial charge in [0.25, 0.3) is 0 Å². The number of phenols is 2. The molecule has 1 unspecified atom stereocenters. The van der Waals surface area contributed by atoms with Crippen LogP contribution in [0.4, 0.5) is 0 Å². The quantitative estimate of drug-likeness (QED) is 0.286. The molecule has 5 aromatic carbocycles. The average molecular weight is 434 g/mol. The summed E-state index contributed by atoms with van der Waals surface area (Å²) in [6.07, 6.45) is -1.09. The molecule has 0 aromatic heterocycles. The van der Waals surface area contributed by atoms with Gasteiger partial charge < -0.3 is 24.8 Å². The molecule has 3 N–H and O–H groups in total. The molecular weight excluding hydrogens is 416 g/mol. The Hall–Kier alpha value is -4.06. The van der Waals surface area contributed by atoms with E-state index >= 15 is 0 Å². The molecule has 1 atom stereocenters. The van der Waals surface area contributed by atoms with Crippen molar-refractivity contribution in [2.75, 3.05) is 0 Å². The van der Waals surface area contributed by atoms with E-state index in [1.165, 1.54) is 0 Å². The highest BCUT2D eigenvalue weighted by Crippen LogP contribution is 2.60. The fourth-order valence-corrected chi connectivity index (χ4v) is 5.34. The van der Waals surface area contributed by atoms with Gasteiger partial charge in [-0.1, -0.05) is 48.5 Å². The van der Waals surface area contributed by atoms with Crippen LogP contribution in [0.2, 0.25) is 0 Å². The molecule has 160 valence electrons. The third-order valence-corrected chi connectivity index (χ3v) is 6.77. The minimum absolute atomic E-state index is 0.173. The summed E-state index contributed by atoms with van der Waals surface area (Å²) in [5, 5.41) is 34.3. The van der Waals surface area contributed by atoms with Crippen LogP contribution in [-0.4, -0.2) is 15.3 Å². The zero-order valence-electron chi connectivity index (χ0n) is 17.3. The smallest absolute Gasteiger partial charge is 0.183 e. The largest absolute Gasteiger partial charge is 0.508 e. The SMILES string of the molecule is Oc1ccc2c3c(ccc2c1)C1(OC(O)c2ccccc21)c1ccc2cc(O)ccc2c1O3. The second-order valence-corrected chi connectivity index (χ2v) is 8.54. The number of rotatable bonds is 0. The van der Waals surface area contributed by atoms with Gasteiger partial charge in [0.05, 0.1) is 0 Å². The van der Waals surface area contributed by atoms with Gasteiger partial charge in [-0.15, -0.1) is 0 Å². The lowest BCUT2D eigenvalue weighted by atomic mass is 9.76. The molecule has 0 saturated heterocycles. The number of aromatic hydroxyl groups is 2. The van der Waals surface area contributed by atoms with E-state index < -0.39 is 11.9 Å². The summed E-state index contributed by atoms with van der Waals surface area (Å²) in [5.41, 5.74) is 2.08. The maximum atomic E-state index is 10.9. The number of hydrogen-bond acceptors (Lipinski definition) is 5. The number of fused-ring (bicyclic) bond motifs is 10. The third kappa shape index (κ3) is 2.32. The average Bonchev–Trinajstić information content (AvgIpc) is 3.11. The third-order valence-electron chi connectivity index (χ3n) is 6.77. The lowest BCUT2D eigenvalue weighted by molar-refractivity contribution is -0.142. The van der Waals surface area contributed by atoms with Crippen LogP contribution in [0.5, 0.6) is 23.0 Å². The minimum atomic E-state index is -1.09. The Morgan fingerprint density at radius 3 is 1.82 bits per heavy atom. The molecule has 33 heavy (non-hydrogen) atoms. The molecule has 0 saturated carbocycles. The minimum Gasteiger partial charge on any atom is -0.508 e. The highest BCUT2D eigenvalue weighted by molar-refractivity contribution is 5.97. The zero-order chi connectivity index (χ0) is 22.3. The molecule has 2 heterocycles. The summed E-state index contributed by atoms with van der Waals surface area (Å²) in [6.45, 7) is 0. The van der Waals surface area contributed by atoms with E-state index in [0.29, 0.717) is 17.1 Å². The van der Waals surface area contributed by atoms with Crippen molar-refractivity contribution in [1.29, 1.82) is 0 Å². The highest BCUT2D eigenvalue weighted by Gasteiger charge is 2.53. The van der Waals surface area contributed by atoms with Gasteiger partial charge in [0.1, 0.15) is 23.0 Å². The van der Waals surface area contributed by atoms with Crippen LogP contribution < -0.4 is 4.74 Å². The number of hydrogen-bond donors (Lipinski definition) is 3. The number of aliphatic hydroxyl groups excluding tert-OH is 1. The van der Waals surface area contributed by atoms with Crippen molar-refractivity contribution >= 4 is 21.5 Å². The fourth-order valence-electron chi connectivity index (χ4n) is 5.34. The molecule has 0 amide bonds. The van der Waals surface area contributed by atoms with E-state index in [4.69, 9.17) is 9.47 Å². The Bertz CT molecular complexity index is 1530. The Morgan fingerprint density at radius 2 is 1.21 bits per heavy atom. The lowest BCUT2D eigenvalue weighted by Crippen LogP contribution is -2.32. The van der Waals surface area contributed by atoms with E-state index in [2.05, 4.69) is 0 Å². The van der Waals surface area contributed by atoms with Crippen molar-refractivity contribution in [3.63, 3.8) is 0 Å². The van der Waals surface area contributed by atoms with Crippen molar-refractivity contribution in [3.8, 4) is 23.0 Å². The van der Waals surface area contributed by atoms with Crippen molar-refractivity contribution in [3.05, 3.63) is 107 Å². The van der Waals surface area contributed by atoms with Crippen LogP contribution in [-0.2, 0) is 10.3 Å². The number of benzene rings is 5. The van der Waals surface area contributed by atoms with Gasteiger partial charge in [-0.2, -0.15) is 0 Å². The predicted octanol–water partition coefficient (Wildman–Crippen LogP) is 5.82.